The molecule has 1 saturated carbocycles. The zero-order valence-corrected chi connectivity index (χ0v) is 10.6. The maximum Gasteiger partial charge on any atom is 0.224 e. The van der Waals surface area contributed by atoms with E-state index in [1.54, 1.807) is 4.90 Å². The summed E-state index contributed by atoms with van der Waals surface area (Å²) in [6.45, 7) is 1.58. The molecule has 0 aromatic rings. The third-order valence-corrected chi connectivity index (χ3v) is 3.84. The van der Waals surface area contributed by atoms with Crippen molar-refractivity contribution in [2.75, 3.05) is 20.2 Å². The molecule has 0 spiro atoms. The van der Waals surface area contributed by atoms with Crippen molar-refractivity contribution in [3.05, 3.63) is 0 Å². The van der Waals surface area contributed by atoms with Gasteiger partial charge in [-0.3, -0.25) is 4.79 Å². The minimum Gasteiger partial charge on any atom is -0.393 e. The Bertz CT molecular complexity index is 257. The van der Waals surface area contributed by atoms with Crippen molar-refractivity contribution < 1.29 is 14.6 Å². The van der Waals surface area contributed by atoms with Crippen molar-refractivity contribution in [2.45, 2.75) is 50.7 Å². The zero-order valence-electron chi connectivity index (χ0n) is 10.6. The average Bonchev–Trinajstić information content (AvgIpc) is 2.28. The van der Waals surface area contributed by atoms with Crippen LogP contribution in [-0.2, 0) is 9.53 Å². The topological polar surface area (TPSA) is 49.8 Å². The number of rotatable bonds is 4. The van der Waals surface area contributed by atoms with Crippen LogP contribution in [0.15, 0.2) is 0 Å². The summed E-state index contributed by atoms with van der Waals surface area (Å²) < 4.78 is 5.57. The van der Waals surface area contributed by atoms with Crippen LogP contribution < -0.4 is 0 Å². The number of nitrogens with zero attached hydrogens (tertiary/aromatic N) is 1. The molecule has 2 aliphatic rings. The van der Waals surface area contributed by atoms with E-state index >= 15 is 0 Å². The lowest BCUT2D eigenvalue weighted by molar-refractivity contribution is -0.135. The summed E-state index contributed by atoms with van der Waals surface area (Å²) in [6, 6.07) is 0. The summed E-state index contributed by atoms with van der Waals surface area (Å²) in [4.78, 5) is 13.8. The summed E-state index contributed by atoms with van der Waals surface area (Å²) in [5.41, 5.74) is 0. The van der Waals surface area contributed by atoms with Crippen molar-refractivity contribution in [1.29, 1.82) is 0 Å². The lowest BCUT2D eigenvalue weighted by atomic mass is 9.82. The molecule has 4 nitrogen and oxygen atoms in total. The SMILES string of the molecule is CN(CC1CC(O)C1)C(=O)CC1CCCCO1. The molecule has 0 aromatic carbocycles. The van der Waals surface area contributed by atoms with Gasteiger partial charge in [-0.25, -0.2) is 0 Å². The van der Waals surface area contributed by atoms with E-state index in [1.807, 2.05) is 7.05 Å². The number of aliphatic hydroxyl groups is 1. The molecule has 1 amide bonds. The van der Waals surface area contributed by atoms with Gasteiger partial charge >= 0.3 is 0 Å². The number of hydrogen-bond acceptors (Lipinski definition) is 3. The molecule has 1 unspecified atom stereocenters. The fourth-order valence-corrected chi connectivity index (χ4v) is 2.66. The van der Waals surface area contributed by atoms with E-state index in [-0.39, 0.29) is 18.1 Å². The first kappa shape index (κ1) is 12.8. The second-order valence-corrected chi connectivity index (χ2v) is 5.46. The number of amides is 1. The smallest absolute Gasteiger partial charge is 0.224 e. The van der Waals surface area contributed by atoms with Gasteiger partial charge in [-0.05, 0) is 38.0 Å². The summed E-state index contributed by atoms with van der Waals surface area (Å²) in [5, 5.41) is 9.21. The van der Waals surface area contributed by atoms with E-state index < -0.39 is 0 Å². The van der Waals surface area contributed by atoms with Gasteiger partial charge in [0.1, 0.15) is 0 Å². The Morgan fingerprint density at radius 3 is 2.76 bits per heavy atom. The molecule has 1 atom stereocenters. The fourth-order valence-electron chi connectivity index (χ4n) is 2.66. The highest BCUT2D eigenvalue weighted by Gasteiger charge is 2.29. The van der Waals surface area contributed by atoms with E-state index in [4.69, 9.17) is 4.74 Å². The third-order valence-electron chi connectivity index (χ3n) is 3.84. The molecule has 1 N–H and O–H groups in total. The summed E-state index contributed by atoms with van der Waals surface area (Å²) >= 11 is 0. The number of carbonyl (C=O) groups excluding carboxylic acids is 1. The molecule has 0 radical (unpaired) electrons. The van der Waals surface area contributed by atoms with Gasteiger partial charge in [0.15, 0.2) is 0 Å². The average molecular weight is 241 g/mol. The van der Waals surface area contributed by atoms with Crippen molar-refractivity contribution in [2.24, 2.45) is 5.92 Å². The van der Waals surface area contributed by atoms with E-state index in [0.29, 0.717) is 12.3 Å². The quantitative estimate of drug-likeness (QED) is 0.804. The van der Waals surface area contributed by atoms with Gasteiger partial charge < -0.3 is 14.7 Å². The number of ether oxygens (including phenoxy) is 1. The molecule has 1 aliphatic heterocycles. The first-order chi connectivity index (χ1) is 8.15. The van der Waals surface area contributed by atoms with Crippen LogP contribution in [0.5, 0.6) is 0 Å². The first-order valence-electron chi connectivity index (χ1n) is 6.69. The van der Waals surface area contributed by atoms with Crippen LogP contribution in [0.4, 0.5) is 0 Å². The Labute approximate surface area is 103 Å². The van der Waals surface area contributed by atoms with Gasteiger partial charge in [0.25, 0.3) is 0 Å². The van der Waals surface area contributed by atoms with Gasteiger partial charge in [0, 0.05) is 20.2 Å². The molecule has 1 heterocycles. The Kier molecular flexibility index (Phi) is 4.40. The first-order valence-corrected chi connectivity index (χ1v) is 6.69. The minimum absolute atomic E-state index is 0.130. The zero-order chi connectivity index (χ0) is 12.3. The molecule has 1 aliphatic carbocycles. The van der Waals surface area contributed by atoms with Gasteiger partial charge in [0.2, 0.25) is 5.91 Å². The molecule has 2 rings (SSSR count). The van der Waals surface area contributed by atoms with Crippen LogP contribution in [0.1, 0.15) is 38.5 Å². The Balaban J connectivity index is 1.67. The normalized spacial score (nSPS) is 32.9. The van der Waals surface area contributed by atoms with E-state index in [2.05, 4.69) is 0 Å². The minimum atomic E-state index is -0.134. The standard InChI is InChI=1S/C13H23NO3/c1-14(9-10-6-11(15)7-10)13(16)8-12-4-2-3-5-17-12/h10-12,15H,2-9H2,1H3. The van der Waals surface area contributed by atoms with E-state index in [9.17, 15) is 9.90 Å². The lowest BCUT2D eigenvalue weighted by Gasteiger charge is -2.35. The van der Waals surface area contributed by atoms with Crippen molar-refractivity contribution in [1.82, 2.24) is 4.90 Å². The molecule has 2 fully saturated rings. The van der Waals surface area contributed by atoms with Crippen molar-refractivity contribution >= 4 is 5.91 Å². The lowest BCUT2D eigenvalue weighted by Crippen LogP contribution is -2.40. The van der Waals surface area contributed by atoms with Gasteiger partial charge in [-0.1, -0.05) is 0 Å². The Morgan fingerprint density at radius 2 is 2.18 bits per heavy atom. The second kappa shape index (κ2) is 5.83. The van der Waals surface area contributed by atoms with Crippen molar-refractivity contribution in [3.63, 3.8) is 0 Å². The summed E-state index contributed by atoms with van der Waals surface area (Å²) in [7, 11) is 1.86. The molecule has 4 heteroatoms. The Hall–Kier alpha value is -0.610. The summed E-state index contributed by atoms with van der Waals surface area (Å²) in [5.74, 6) is 0.671. The number of hydrogen-bond donors (Lipinski definition) is 1. The number of carbonyl (C=O) groups is 1. The summed E-state index contributed by atoms with van der Waals surface area (Å²) in [6.07, 6.45) is 5.52. The highest BCUT2D eigenvalue weighted by atomic mass is 16.5. The maximum absolute atomic E-state index is 12.0. The van der Waals surface area contributed by atoms with Crippen LogP contribution >= 0.6 is 0 Å². The largest absolute Gasteiger partial charge is 0.393 e. The van der Waals surface area contributed by atoms with Gasteiger partial charge in [0.05, 0.1) is 18.6 Å². The van der Waals surface area contributed by atoms with Gasteiger partial charge in [-0.2, -0.15) is 0 Å². The predicted octanol–water partition coefficient (Wildman–Crippen LogP) is 1.17. The molecule has 1 saturated heterocycles. The van der Waals surface area contributed by atoms with Crippen LogP contribution in [0.3, 0.4) is 0 Å². The van der Waals surface area contributed by atoms with Gasteiger partial charge in [-0.15, -0.1) is 0 Å². The van der Waals surface area contributed by atoms with Crippen LogP contribution in [0.2, 0.25) is 0 Å². The van der Waals surface area contributed by atoms with Crippen LogP contribution in [-0.4, -0.2) is 48.3 Å². The molecule has 0 aromatic heterocycles. The molecular formula is C13H23NO3. The van der Waals surface area contributed by atoms with E-state index in [1.165, 1.54) is 6.42 Å². The Morgan fingerprint density at radius 1 is 1.41 bits per heavy atom. The molecular weight excluding hydrogens is 218 g/mol. The third kappa shape index (κ3) is 3.68. The van der Waals surface area contributed by atoms with E-state index in [0.717, 1.165) is 38.8 Å². The molecule has 98 valence electrons. The monoisotopic (exact) mass is 241 g/mol. The predicted molar refractivity (Wildman–Crippen MR) is 64.6 cm³/mol. The highest BCUT2D eigenvalue weighted by molar-refractivity contribution is 5.76. The highest BCUT2D eigenvalue weighted by Crippen LogP contribution is 2.28. The number of aliphatic hydroxyl groups excluding tert-OH is 1. The molecule has 17 heavy (non-hydrogen) atoms. The second-order valence-electron chi connectivity index (χ2n) is 5.46. The maximum atomic E-state index is 12.0. The van der Waals surface area contributed by atoms with Crippen LogP contribution in [0, 0.1) is 5.92 Å². The van der Waals surface area contributed by atoms with Crippen LogP contribution in [0.25, 0.3) is 0 Å². The van der Waals surface area contributed by atoms with Crippen molar-refractivity contribution in [3.8, 4) is 0 Å². The fraction of sp³-hybridized carbons (Fsp3) is 0.923. The molecule has 0 bridgehead atoms.